The maximum atomic E-state index is 11.7. The molecule has 1 saturated heterocycles. The van der Waals surface area contributed by atoms with Gasteiger partial charge in [-0.05, 0) is 12.5 Å². The van der Waals surface area contributed by atoms with Gasteiger partial charge < -0.3 is 10.6 Å². The van der Waals surface area contributed by atoms with Crippen LogP contribution in [0.5, 0.6) is 0 Å². The quantitative estimate of drug-likeness (QED) is 0.692. The maximum Gasteiger partial charge on any atom is 0.255 e. The topological polar surface area (TPSA) is 41.1 Å². The summed E-state index contributed by atoms with van der Waals surface area (Å²) in [5.41, 5.74) is 0.259. The highest BCUT2D eigenvalue weighted by Crippen LogP contribution is 2.25. The molecule has 14 heavy (non-hydrogen) atoms. The van der Waals surface area contributed by atoms with Crippen molar-refractivity contribution in [2.24, 2.45) is 0 Å². The van der Waals surface area contributed by atoms with Crippen LogP contribution in [0.25, 0.3) is 0 Å². The van der Waals surface area contributed by atoms with Crippen LogP contribution in [0.3, 0.4) is 0 Å². The molecule has 3 heteroatoms. The van der Waals surface area contributed by atoms with Crippen LogP contribution in [-0.2, 0) is 10.3 Å². The van der Waals surface area contributed by atoms with Gasteiger partial charge in [0.2, 0.25) is 0 Å². The molecule has 1 fully saturated rings. The van der Waals surface area contributed by atoms with Gasteiger partial charge in [0, 0.05) is 0 Å². The predicted octanol–water partition coefficient (Wildman–Crippen LogP) is 1.09. The Bertz CT molecular complexity index is 386. The van der Waals surface area contributed by atoms with E-state index < -0.39 is 5.54 Å². The van der Waals surface area contributed by atoms with Crippen molar-refractivity contribution in [2.45, 2.75) is 12.5 Å². The van der Waals surface area contributed by atoms with E-state index in [1.807, 2.05) is 37.3 Å². The fourth-order valence-corrected chi connectivity index (χ4v) is 1.63. The van der Waals surface area contributed by atoms with E-state index in [1.54, 1.807) is 0 Å². The van der Waals surface area contributed by atoms with Crippen molar-refractivity contribution in [3.05, 3.63) is 48.3 Å². The molecule has 1 unspecified atom stereocenters. The first kappa shape index (κ1) is 8.81. The summed E-state index contributed by atoms with van der Waals surface area (Å²) < 4.78 is 0. The molecule has 1 aliphatic heterocycles. The average molecular weight is 188 g/mol. The molecule has 0 radical (unpaired) electrons. The molecule has 0 saturated carbocycles. The molecular formula is C11H12N2O. The lowest BCUT2D eigenvalue weighted by atomic mass is 9.92. The highest BCUT2D eigenvalue weighted by atomic mass is 16.2. The van der Waals surface area contributed by atoms with Crippen LogP contribution in [0.4, 0.5) is 0 Å². The number of hydrogen-bond acceptors (Lipinski definition) is 2. The molecule has 1 amide bonds. The Morgan fingerprint density at radius 1 is 1.29 bits per heavy atom. The summed E-state index contributed by atoms with van der Waals surface area (Å²) in [6.07, 6.45) is 0. The van der Waals surface area contributed by atoms with Crippen molar-refractivity contribution in [3.63, 3.8) is 0 Å². The van der Waals surface area contributed by atoms with Crippen LogP contribution < -0.4 is 10.6 Å². The minimum Gasteiger partial charge on any atom is -0.355 e. The van der Waals surface area contributed by atoms with Crippen LogP contribution in [0, 0.1) is 0 Å². The van der Waals surface area contributed by atoms with Gasteiger partial charge >= 0.3 is 0 Å². The molecule has 1 aliphatic rings. The van der Waals surface area contributed by atoms with E-state index in [1.165, 1.54) is 0 Å². The molecule has 0 bridgehead atoms. The maximum absolute atomic E-state index is 11.7. The summed E-state index contributed by atoms with van der Waals surface area (Å²) in [6.45, 7) is 5.53. The Morgan fingerprint density at radius 3 is 2.43 bits per heavy atom. The van der Waals surface area contributed by atoms with Crippen LogP contribution >= 0.6 is 0 Å². The van der Waals surface area contributed by atoms with Gasteiger partial charge in [-0.1, -0.05) is 36.9 Å². The van der Waals surface area contributed by atoms with E-state index in [9.17, 15) is 4.79 Å². The van der Waals surface area contributed by atoms with Crippen molar-refractivity contribution in [2.75, 3.05) is 0 Å². The molecular weight excluding hydrogens is 176 g/mol. The monoisotopic (exact) mass is 188 g/mol. The van der Waals surface area contributed by atoms with E-state index in [0.717, 1.165) is 5.56 Å². The summed E-state index contributed by atoms with van der Waals surface area (Å²) in [5, 5.41) is 5.70. The second-order valence-corrected chi connectivity index (χ2v) is 3.55. The second kappa shape index (κ2) is 2.87. The first-order valence-corrected chi connectivity index (χ1v) is 4.47. The van der Waals surface area contributed by atoms with Gasteiger partial charge in [0.05, 0.1) is 5.82 Å². The van der Waals surface area contributed by atoms with Crippen LogP contribution in [-0.4, -0.2) is 5.91 Å². The molecule has 2 rings (SSSR count). The predicted molar refractivity (Wildman–Crippen MR) is 54.2 cm³/mol. The molecule has 1 aromatic rings. The van der Waals surface area contributed by atoms with E-state index in [4.69, 9.17) is 0 Å². The van der Waals surface area contributed by atoms with Crippen LogP contribution in [0.2, 0.25) is 0 Å². The number of carbonyl (C=O) groups is 1. The summed E-state index contributed by atoms with van der Waals surface area (Å²) in [5.74, 6) is 0.495. The van der Waals surface area contributed by atoms with E-state index in [2.05, 4.69) is 17.2 Å². The number of hydrogen-bond donors (Lipinski definition) is 2. The molecule has 1 atom stereocenters. The van der Waals surface area contributed by atoms with Crippen molar-refractivity contribution >= 4 is 5.91 Å². The largest absolute Gasteiger partial charge is 0.355 e. The Balaban J connectivity index is 2.43. The normalized spacial score (nSPS) is 25.8. The van der Waals surface area contributed by atoms with Crippen molar-refractivity contribution in [1.82, 2.24) is 10.6 Å². The zero-order valence-electron chi connectivity index (χ0n) is 8.00. The molecule has 0 spiro atoms. The Morgan fingerprint density at radius 2 is 1.93 bits per heavy atom. The highest BCUT2D eigenvalue weighted by molar-refractivity contribution is 5.91. The standard InChI is InChI=1S/C11H12N2O/c1-8-12-10(14)11(2,13-8)9-6-4-3-5-7-9/h3-7,13H,1H2,2H3,(H,12,14). The summed E-state index contributed by atoms with van der Waals surface area (Å²) in [4.78, 5) is 11.7. The summed E-state index contributed by atoms with van der Waals surface area (Å²) in [6, 6.07) is 9.60. The Kier molecular flexibility index (Phi) is 1.81. The van der Waals surface area contributed by atoms with Crippen molar-refractivity contribution < 1.29 is 4.79 Å². The average Bonchev–Trinajstić information content (AvgIpc) is 2.43. The SMILES string of the molecule is C=C1NC(=O)C(C)(c2ccccc2)N1. The molecule has 0 aromatic heterocycles. The van der Waals surface area contributed by atoms with Crippen LogP contribution in [0.1, 0.15) is 12.5 Å². The van der Waals surface area contributed by atoms with Crippen LogP contribution in [0.15, 0.2) is 42.7 Å². The number of nitrogens with one attached hydrogen (secondary N) is 2. The Hall–Kier alpha value is -1.77. The first-order chi connectivity index (χ1) is 6.63. The van der Waals surface area contributed by atoms with Gasteiger partial charge in [-0.3, -0.25) is 4.79 Å². The fraction of sp³-hybridized carbons (Fsp3) is 0.182. The summed E-state index contributed by atoms with van der Waals surface area (Å²) in [7, 11) is 0. The second-order valence-electron chi connectivity index (χ2n) is 3.55. The lowest BCUT2D eigenvalue weighted by Crippen LogP contribution is -2.39. The highest BCUT2D eigenvalue weighted by Gasteiger charge is 2.40. The third-order valence-electron chi connectivity index (χ3n) is 2.47. The number of amides is 1. The third kappa shape index (κ3) is 1.18. The van der Waals surface area contributed by atoms with Gasteiger partial charge in [0.15, 0.2) is 0 Å². The van der Waals surface area contributed by atoms with Crippen molar-refractivity contribution in [1.29, 1.82) is 0 Å². The molecule has 3 nitrogen and oxygen atoms in total. The molecule has 1 aromatic carbocycles. The minimum atomic E-state index is -0.682. The van der Waals surface area contributed by atoms with Gasteiger partial charge in [0.25, 0.3) is 5.91 Å². The van der Waals surface area contributed by atoms with E-state index in [-0.39, 0.29) is 5.91 Å². The minimum absolute atomic E-state index is 0.0614. The zero-order chi connectivity index (χ0) is 10.2. The molecule has 2 N–H and O–H groups in total. The number of benzene rings is 1. The Labute approximate surface area is 82.8 Å². The van der Waals surface area contributed by atoms with E-state index >= 15 is 0 Å². The van der Waals surface area contributed by atoms with Gasteiger partial charge in [-0.2, -0.15) is 0 Å². The fourth-order valence-electron chi connectivity index (χ4n) is 1.63. The van der Waals surface area contributed by atoms with Crippen molar-refractivity contribution in [3.8, 4) is 0 Å². The van der Waals surface area contributed by atoms with Gasteiger partial charge in [0.1, 0.15) is 5.54 Å². The lowest BCUT2D eigenvalue weighted by Gasteiger charge is -2.21. The lowest BCUT2D eigenvalue weighted by molar-refractivity contribution is -0.123. The summed E-state index contributed by atoms with van der Waals surface area (Å²) >= 11 is 0. The van der Waals surface area contributed by atoms with Gasteiger partial charge in [-0.25, -0.2) is 0 Å². The molecule has 0 aliphatic carbocycles. The van der Waals surface area contributed by atoms with Gasteiger partial charge in [-0.15, -0.1) is 0 Å². The zero-order valence-corrected chi connectivity index (χ0v) is 8.00. The van der Waals surface area contributed by atoms with E-state index in [0.29, 0.717) is 5.82 Å². The molecule has 72 valence electrons. The first-order valence-electron chi connectivity index (χ1n) is 4.47. The number of rotatable bonds is 1. The number of carbonyl (C=O) groups excluding carboxylic acids is 1. The third-order valence-corrected chi connectivity index (χ3v) is 2.47. The molecule has 1 heterocycles. The smallest absolute Gasteiger partial charge is 0.255 e.